The van der Waals surface area contributed by atoms with E-state index >= 15 is 0 Å². The first-order valence-corrected chi connectivity index (χ1v) is 7.79. The Kier molecular flexibility index (Phi) is 11.9. The molecule has 1 unspecified atom stereocenters. The van der Waals surface area contributed by atoms with E-state index in [1.807, 2.05) is 39.8 Å². The number of aliphatic carboxylic acids is 1. The number of nitrogens with zero attached hydrogens (tertiary/aromatic N) is 3. The van der Waals surface area contributed by atoms with Crippen molar-refractivity contribution < 1.29 is 14.6 Å². The molecule has 2 heterocycles. The van der Waals surface area contributed by atoms with Gasteiger partial charge < -0.3 is 9.84 Å². The first-order valence-electron chi connectivity index (χ1n) is 7.79. The highest BCUT2D eigenvalue weighted by molar-refractivity contribution is 5.70. The van der Waals surface area contributed by atoms with Gasteiger partial charge in [-0.15, -0.1) is 10.2 Å². The molecule has 1 aromatic heterocycles. The van der Waals surface area contributed by atoms with Crippen molar-refractivity contribution >= 4 is 5.97 Å². The average molecular weight is 312 g/mol. The lowest BCUT2D eigenvalue weighted by Gasteiger charge is -2.26. The Morgan fingerprint density at radius 2 is 1.95 bits per heavy atom. The fraction of sp³-hybridized carbons (Fsp3) is 0.733. The van der Waals surface area contributed by atoms with E-state index in [9.17, 15) is 9.90 Å². The molecule has 0 bridgehead atoms. The van der Waals surface area contributed by atoms with Gasteiger partial charge in [-0.1, -0.05) is 31.2 Å². The summed E-state index contributed by atoms with van der Waals surface area (Å²) in [5.74, 6) is -0.637. The standard InChI is InChI=1S/C9H14N4O3.C4H8.C2H6/c14-9(15)7(5-8-10-12-13-11-8)6-1-3-16-4-2-6;1-3-4-2;1-2/h6-7H,1-5H2,(H,14,15)(H,10,11,12,13);3-4H,1-2H3;1-2H3/b;4-3+;. The SMILES string of the molecule is C/C=C/C.CC.O=C(O)C(Cc1nn[nH]n1)C1CCOCC1. The lowest BCUT2D eigenvalue weighted by atomic mass is 9.84. The topological polar surface area (TPSA) is 101 Å². The third-order valence-corrected chi connectivity index (χ3v) is 3.28. The molecule has 1 fully saturated rings. The van der Waals surface area contributed by atoms with Crippen molar-refractivity contribution in [3.05, 3.63) is 18.0 Å². The van der Waals surface area contributed by atoms with E-state index in [2.05, 4.69) is 20.6 Å². The van der Waals surface area contributed by atoms with Gasteiger partial charge >= 0.3 is 5.97 Å². The molecule has 1 atom stereocenters. The molecule has 0 radical (unpaired) electrons. The number of nitrogens with one attached hydrogen (secondary N) is 1. The minimum Gasteiger partial charge on any atom is -0.481 e. The summed E-state index contributed by atoms with van der Waals surface area (Å²) in [6.07, 6.45) is 5.90. The average Bonchev–Trinajstić information content (AvgIpc) is 3.08. The molecule has 2 rings (SSSR count). The van der Waals surface area contributed by atoms with Crippen molar-refractivity contribution in [3.63, 3.8) is 0 Å². The van der Waals surface area contributed by atoms with Crippen LogP contribution in [-0.4, -0.2) is 44.9 Å². The lowest BCUT2D eigenvalue weighted by Crippen LogP contribution is -2.30. The lowest BCUT2D eigenvalue weighted by molar-refractivity contribution is -0.145. The summed E-state index contributed by atoms with van der Waals surface area (Å²) >= 11 is 0. The van der Waals surface area contributed by atoms with Crippen molar-refractivity contribution in [3.8, 4) is 0 Å². The predicted molar refractivity (Wildman–Crippen MR) is 84.4 cm³/mol. The maximum Gasteiger partial charge on any atom is 0.307 e. The molecule has 2 N–H and O–H groups in total. The Hall–Kier alpha value is -1.76. The van der Waals surface area contributed by atoms with E-state index in [1.165, 1.54) is 0 Å². The van der Waals surface area contributed by atoms with Gasteiger partial charge in [0.1, 0.15) is 0 Å². The van der Waals surface area contributed by atoms with Gasteiger partial charge in [-0.25, -0.2) is 0 Å². The van der Waals surface area contributed by atoms with Gasteiger partial charge in [-0.3, -0.25) is 4.79 Å². The zero-order valence-electron chi connectivity index (χ0n) is 14.0. The van der Waals surface area contributed by atoms with Gasteiger partial charge in [-0.05, 0) is 32.6 Å². The summed E-state index contributed by atoms with van der Waals surface area (Å²) in [6.45, 7) is 9.28. The van der Waals surface area contributed by atoms with E-state index < -0.39 is 11.9 Å². The maximum atomic E-state index is 11.2. The molecule has 126 valence electrons. The fourth-order valence-corrected chi connectivity index (χ4v) is 2.04. The number of H-pyrrole nitrogens is 1. The van der Waals surface area contributed by atoms with Gasteiger partial charge in [0, 0.05) is 19.6 Å². The molecule has 0 amide bonds. The Morgan fingerprint density at radius 3 is 2.36 bits per heavy atom. The fourth-order valence-electron chi connectivity index (χ4n) is 2.04. The van der Waals surface area contributed by atoms with Crippen molar-refractivity contribution in [1.29, 1.82) is 0 Å². The summed E-state index contributed by atoms with van der Waals surface area (Å²) in [5, 5.41) is 22.5. The Balaban J connectivity index is 0.000000640. The quantitative estimate of drug-likeness (QED) is 0.828. The minimum atomic E-state index is -0.795. The van der Waals surface area contributed by atoms with Crippen molar-refractivity contribution in [1.82, 2.24) is 20.6 Å². The zero-order valence-corrected chi connectivity index (χ0v) is 14.0. The Morgan fingerprint density at radius 1 is 1.36 bits per heavy atom. The summed E-state index contributed by atoms with van der Waals surface area (Å²) in [4.78, 5) is 11.2. The minimum absolute atomic E-state index is 0.143. The van der Waals surface area contributed by atoms with Crippen LogP contribution in [0.15, 0.2) is 12.2 Å². The van der Waals surface area contributed by atoms with E-state index in [0.29, 0.717) is 25.5 Å². The normalized spacial score (nSPS) is 16.2. The second-order valence-electron chi connectivity index (χ2n) is 4.59. The van der Waals surface area contributed by atoms with Gasteiger partial charge in [0.15, 0.2) is 5.82 Å². The molecule has 0 saturated carbocycles. The van der Waals surface area contributed by atoms with Gasteiger partial charge in [-0.2, -0.15) is 5.21 Å². The van der Waals surface area contributed by atoms with Crippen molar-refractivity contribution in [2.45, 2.75) is 47.0 Å². The number of tetrazole rings is 1. The predicted octanol–water partition coefficient (Wildman–Crippen LogP) is 2.48. The van der Waals surface area contributed by atoms with E-state index in [-0.39, 0.29) is 5.92 Å². The number of allylic oxidation sites excluding steroid dienone is 2. The van der Waals surface area contributed by atoms with E-state index in [0.717, 1.165) is 12.8 Å². The van der Waals surface area contributed by atoms with Gasteiger partial charge in [0.2, 0.25) is 0 Å². The second kappa shape index (κ2) is 12.9. The molecular formula is C15H28N4O3. The van der Waals surface area contributed by atoms with Crippen LogP contribution in [0.3, 0.4) is 0 Å². The molecule has 1 aliphatic heterocycles. The third-order valence-electron chi connectivity index (χ3n) is 3.28. The first-order chi connectivity index (χ1) is 10.7. The zero-order chi connectivity index (χ0) is 16.8. The highest BCUT2D eigenvalue weighted by atomic mass is 16.5. The van der Waals surface area contributed by atoms with Crippen LogP contribution in [0.4, 0.5) is 0 Å². The van der Waals surface area contributed by atoms with Crippen LogP contribution in [0, 0.1) is 11.8 Å². The van der Waals surface area contributed by atoms with Crippen LogP contribution in [0.1, 0.15) is 46.4 Å². The molecule has 1 aromatic rings. The molecule has 1 saturated heterocycles. The molecule has 0 aliphatic carbocycles. The molecule has 7 heteroatoms. The van der Waals surface area contributed by atoms with Crippen LogP contribution in [0.5, 0.6) is 0 Å². The largest absolute Gasteiger partial charge is 0.481 e. The molecule has 0 spiro atoms. The van der Waals surface area contributed by atoms with Crippen molar-refractivity contribution in [2.75, 3.05) is 13.2 Å². The van der Waals surface area contributed by atoms with Gasteiger partial charge in [0.25, 0.3) is 0 Å². The Labute approximate surface area is 132 Å². The van der Waals surface area contributed by atoms with Crippen LogP contribution in [0.25, 0.3) is 0 Å². The Bertz CT molecular complexity index is 397. The third kappa shape index (κ3) is 7.87. The van der Waals surface area contributed by atoms with Crippen LogP contribution in [0.2, 0.25) is 0 Å². The summed E-state index contributed by atoms with van der Waals surface area (Å²) in [6, 6.07) is 0. The highest BCUT2D eigenvalue weighted by Crippen LogP contribution is 2.26. The van der Waals surface area contributed by atoms with Crippen LogP contribution in [-0.2, 0) is 16.0 Å². The summed E-state index contributed by atoms with van der Waals surface area (Å²) < 4.78 is 5.22. The van der Waals surface area contributed by atoms with E-state index in [4.69, 9.17) is 4.74 Å². The number of aromatic nitrogens is 4. The smallest absolute Gasteiger partial charge is 0.307 e. The number of ether oxygens (including phenoxy) is 1. The first kappa shape index (κ1) is 20.2. The van der Waals surface area contributed by atoms with Crippen LogP contribution >= 0.6 is 0 Å². The van der Waals surface area contributed by atoms with E-state index in [1.54, 1.807) is 0 Å². The number of hydrogen-bond donors (Lipinski definition) is 2. The second-order valence-corrected chi connectivity index (χ2v) is 4.59. The highest BCUT2D eigenvalue weighted by Gasteiger charge is 2.30. The maximum absolute atomic E-state index is 11.2. The van der Waals surface area contributed by atoms with Gasteiger partial charge in [0.05, 0.1) is 5.92 Å². The number of carbonyl (C=O) groups is 1. The monoisotopic (exact) mass is 312 g/mol. The number of hydrogen-bond acceptors (Lipinski definition) is 5. The summed E-state index contributed by atoms with van der Waals surface area (Å²) in [7, 11) is 0. The molecule has 1 aliphatic rings. The van der Waals surface area contributed by atoms with Crippen molar-refractivity contribution in [2.24, 2.45) is 11.8 Å². The molecule has 0 aromatic carbocycles. The number of carboxylic acids is 1. The molecular weight excluding hydrogens is 284 g/mol. The molecule has 7 nitrogen and oxygen atoms in total. The number of rotatable bonds is 4. The number of carboxylic acid groups (broad SMARTS) is 1. The van der Waals surface area contributed by atoms with Crippen LogP contribution < -0.4 is 0 Å². The number of aromatic amines is 1. The molecule has 22 heavy (non-hydrogen) atoms. The summed E-state index contributed by atoms with van der Waals surface area (Å²) in [5.41, 5.74) is 0.